The number of rotatable bonds is 7. The number of nitrogens with zero attached hydrogens (tertiary/aromatic N) is 2. The molecule has 0 radical (unpaired) electrons. The minimum Gasteiger partial charge on any atom is -0.465 e. The lowest BCUT2D eigenvalue weighted by Gasteiger charge is -2.40. The van der Waals surface area contributed by atoms with Gasteiger partial charge in [-0.1, -0.05) is 6.92 Å². The molecular formula is C15H31N3O2. The van der Waals surface area contributed by atoms with Gasteiger partial charge in [0.15, 0.2) is 0 Å². The third-order valence-corrected chi connectivity index (χ3v) is 3.79. The Bertz CT molecular complexity index is 301. The normalized spacial score (nSPS) is 20.9. The number of esters is 1. The molecule has 1 fully saturated rings. The predicted octanol–water partition coefficient (Wildman–Crippen LogP) is 0.944. The highest BCUT2D eigenvalue weighted by molar-refractivity contribution is 5.80. The highest BCUT2D eigenvalue weighted by Crippen LogP contribution is 2.13. The summed E-state index contributed by atoms with van der Waals surface area (Å²) in [6.07, 6.45) is 0. The average Bonchev–Trinajstić information content (AvgIpc) is 2.39. The number of hydrogen-bond donors (Lipinski definition) is 1. The van der Waals surface area contributed by atoms with E-state index in [0.29, 0.717) is 13.2 Å². The van der Waals surface area contributed by atoms with Crippen LogP contribution in [-0.4, -0.2) is 73.2 Å². The van der Waals surface area contributed by atoms with Crippen LogP contribution in [0.5, 0.6) is 0 Å². The molecule has 0 aromatic heterocycles. The van der Waals surface area contributed by atoms with E-state index in [9.17, 15) is 4.79 Å². The van der Waals surface area contributed by atoms with Crippen LogP contribution in [-0.2, 0) is 9.53 Å². The Labute approximate surface area is 123 Å². The molecule has 1 saturated heterocycles. The van der Waals surface area contributed by atoms with Gasteiger partial charge in [-0.2, -0.15) is 0 Å². The van der Waals surface area contributed by atoms with Crippen LogP contribution in [0.25, 0.3) is 0 Å². The van der Waals surface area contributed by atoms with E-state index in [2.05, 4.69) is 35.9 Å². The monoisotopic (exact) mass is 285 g/mol. The van der Waals surface area contributed by atoms with Gasteiger partial charge < -0.3 is 9.64 Å². The zero-order valence-corrected chi connectivity index (χ0v) is 13.7. The van der Waals surface area contributed by atoms with Crippen LogP contribution < -0.4 is 5.32 Å². The highest BCUT2D eigenvalue weighted by Gasteiger charge is 2.37. The molecule has 1 aliphatic heterocycles. The summed E-state index contributed by atoms with van der Waals surface area (Å²) in [5.41, 5.74) is -0.626. The molecule has 0 amide bonds. The van der Waals surface area contributed by atoms with Crippen molar-refractivity contribution in [2.24, 2.45) is 0 Å². The molecule has 1 aliphatic rings. The molecular weight excluding hydrogens is 254 g/mol. The topological polar surface area (TPSA) is 44.8 Å². The molecule has 5 nitrogen and oxygen atoms in total. The van der Waals surface area contributed by atoms with Crippen LogP contribution in [0.1, 0.15) is 34.6 Å². The van der Waals surface area contributed by atoms with Gasteiger partial charge in [0.25, 0.3) is 0 Å². The number of nitrogens with one attached hydrogen (secondary N) is 1. The van der Waals surface area contributed by atoms with Crippen LogP contribution in [0.15, 0.2) is 0 Å². The van der Waals surface area contributed by atoms with Gasteiger partial charge in [0.1, 0.15) is 5.54 Å². The number of piperazine rings is 1. The number of ether oxygens (including phenoxy) is 1. The molecule has 0 spiro atoms. The molecule has 0 aliphatic carbocycles. The molecule has 1 heterocycles. The largest absolute Gasteiger partial charge is 0.465 e. The van der Waals surface area contributed by atoms with E-state index in [1.165, 1.54) is 0 Å². The van der Waals surface area contributed by atoms with E-state index >= 15 is 0 Å². The fourth-order valence-corrected chi connectivity index (χ4v) is 2.81. The summed E-state index contributed by atoms with van der Waals surface area (Å²) >= 11 is 0. The second kappa shape index (κ2) is 7.96. The Hall–Kier alpha value is -0.650. The minimum absolute atomic E-state index is 0.147. The Morgan fingerprint density at radius 1 is 1.20 bits per heavy atom. The molecule has 0 aromatic carbocycles. The van der Waals surface area contributed by atoms with E-state index < -0.39 is 5.54 Å². The fourth-order valence-electron chi connectivity index (χ4n) is 2.81. The lowest BCUT2D eigenvalue weighted by Crippen LogP contribution is -2.61. The van der Waals surface area contributed by atoms with Crippen molar-refractivity contribution in [3.63, 3.8) is 0 Å². The maximum atomic E-state index is 12.3. The molecule has 0 saturated carbocycles. The summed E-state index contributed by atoms with van der Waals surface area (Å²) in [7, 11) is 0. The zero-order chi connectivity index (χ0) is 15.2. The molecule has 1 N–H and O–H groups in total. The first-order valence-corrected chi connectivity index (χ1v) is 7.81. The van der Waals surface area contributed by atoms with Crippen molar-refractivity contribution in [1.29, 1.82) is 0 Å². The summed E-state index contributed by atoms with van der Waals surface area (Å²) in [5.74, 6) is -0.147. The molecule has 1 rings (SSSR count). The fraction of sp³-hybridized carbons (Fsp3) is 0.933. The molecule has 118 valence electrons. The number of hydrogen-bond acceptors (Lipinski definition) is 5. The Kier molecular flexibility index (Phi) is 6.92. The summed E-state index contributed by atoms with van der Waals surface area (Å²) < 4.78 is 5.25. The lowest BCUT2D eigenvalue weighted by molar-refractivity contribution is -0.152. The molecule has 0 aromatic rings. The van der Waals surface area contributed by atoms with Gasteiger partial charge in [-0.15, -0.1) is 0 Å². The number of carbonyl (C=O) groups is 1. The van der Waals surface area contributed by atoms with Crippen molar-refractivity contribution >= 4 is 5.97 Å². The zero-order valence-electron chi connectivity index (χ0n) is 13.7. The summed E-state index contributed by atoms with van der Waals surface area (Å²) in [5, 5.41) is 3.38. The van der Waals surface area contributed by atoms with Crippen molar-refractivity contribution in [3.05, 3.63) is 0 Å². The van der Waals surface area contributed by atoms with Crippen molar-refractivity contribution in [2.75, 3.05) is 45.9 Å². The van der Waals surface area contributed by atoms with E-state index in [1.807, 2.05) is 13.8 Å². The van der Waals surface area contributed by atoms with Crippen molar-refractivity contribution < 1.29 is 9.53 Å². The first kappa shape index (κ1) is 17.4. The van der Waals surface area contributed by atoms with Crippen LogP contribution in [0.4, 0.5) is 0 Å². The second-order valence-corrected chi connectivity index (χ2v) is 6.06. The SMILES string of the molecule is CCOC(=O)C(C)(CN1CCN(CC)CC1)NC(C)C. The molecule has 5 heteroatoms. The average molecular weight is 285 g/mol. The van der Waals surface area contributed by atoms with Crippen LogP contribution >= 0.6 is 0 Å². The molecule has 1 atom stereocenters. The van der Waals surface area contributed by atoms with Gasteiger partial charge in [0, 0.05) is 38.8 Å². The summed E-state index contributed by atoms with van der Waals surface area (Å²) in [4.78, 5) is 17.1. The maximum Gasteiger partial charge on any atom is 0.327 e. The first-order chi connectivity index (χ1) is 9.41. The smallest absolute Gasteiger partial charge is 0.327 e. The first-order valence-electron chi connectivity index (χ1n) is 7.81. The number of carbonyl (C=O) groups excluding carboxylic acids is 1. The van der Waals surface area contributed by atoms with Gasteiger partial charge in [0.05, 0.1) is 6.61 Å². The van der Waals surface area contributed by atoms with Crippen molar-refractivity contribution in [3.8, 4) is 0 Å². The van der Waals surface area contributed by atoms with Crippen molar-refractivity contribution in [2.45, 2.75) is 46.2 Å². The van der Waals surface area contributed by atoms with Crippen LogP contribution in [0.3, 0.4) is 0 Å². The van der Waals surface area contributed by atoms with Gasteiger partial charge in [-0.25, -0.2) is 0 Å². The standard InChI is InChI=1S/C15H31N3O2/c1-6-17-8-10-18(11-9-17)12-15(5,16-13(3)4)14(19)20-7-2/h13,16H,6-12H2,1-5H3. The summed E-state index contributed by atoms with van der Waals surface area (Å²) in [6.45, 7) is 16.6. The van der Waals surface area contributed by atoms with Crippen LogP contribution in [0.2, 0.25) is 0 Å². The molecule has 0 bridgehead atoms. The highest BCUT2D eigenvalue weighted by atomic mass is 16.5. The quantitative estimate of drug-likeness (QED) is 0.706. The van der Waals surface area contributed by atoms with E-state index in [-0.39, 0.29) is 12.0 Å². The Morgan fingerprint density at radius 2 is 1.75 bits per heavy atom. The van der Waals surface area contributed by atoms with E-state index in [0.717, 1.165) is 32.7 Å². The minimum atomic E-state index is -0.626. The van der Waals surface area contributed by atoms with Gasteiger partial charge in [0.2, 0.25) is 0 Å². The van der Waals surface area contributed by atoms with Gasteiger partial charge >= 0.3 is 5.97 Å². The lowest BCUT2D eigenvalue weighted by atomic mass is 10.00. The van der Waals surface area contributed by atoms with E-state index in [1.54, 1.807) is 0 Å². The Balaban J connectivity index is 2.63. The van der Waals surface area contributed by atoms with Crippen molar-refractivity contribution in [1.82, 2.24) is 15.1 Å². The second-order valence-electron chi connectivity index (χ2n) is 6.06. The molecule has 1 unspecified atom stereocenters. The van der Waals surface area contributed by atoms with Crippen LogP contribution in [0, 0.1) is 0 Å². The Morgan fingerprint density at radius 3 is 2.20 bits per heavy atom. The van der Waals surface area contributed by atoms with E-state index in [4.69, 9.17) is 4.74 Å². The molecule has 20 heavy (non-hydrogen) atoms. The summed E-state index contributed by atoms with van der Waals surface area (Å²) in [6, 6.07) is 0.251. The third-order valence-electron chi connectivity index (χ3n) is 3.79. The maximum absolute atomic E-state index is 12.3. The third kappa shape index (κ3) is 5.04. The van der Waals surface area contributed by atoms with Gasteiger partial charge in [-0.05, 0) is 34.2 Å². The number of likely N-dealkylation sites (N-methyl/N-ethyl adjacent to an activating group) is 1. The van der Waals surface area contributed by atoms with Gasteiger partial charge in [-0.3, -0.25) is 15.0 Å². The predicted molar refractivity (Wildman–Crippen MR) is 81.9 cm³/mol.